The molecule has 6 aromatic rings. The van der Waals surface area contributed by atoms with Crippen molar-refractivity contribution >= 4 is 28.7 Å². The van der Waals surface area contributed by atoms with Crippen LogP contribution in [0, 0.1) is 6.92 Å². The average molecular weight is 574 g/mol. The number of amides is 1. The molecule has 0 bridgehead atoms. The zero-order valence-electron chi connectivity index (χ0n) is 23.3. The summed E-state index contributed by atoms with van der Waals surface area (Å²) in [5, 5.41) is 20.5. The molecule has 43 heavy (non-hydrogen) atoms. The lowest BCUT2D eigenvalue weighted by molar-refractivity contribution is 0.102. The van der Waals surface area contributed by atoms with Crippen molar-refractivity contribution < 1.29 is 9.90 Å². The monoisotopic (exact) mass is 573 g/mol. The lowest BCUT2D eigenvalue weighted by Gasteiger charge is -2.21. The molecule has 5 N–H and O–H groups in total. The smallest absolute Gasteiger partial charge is 0.282 e. The fraction of sp³-hybridized carbons (Fsp3) is 0.0968. The van der Waals surface area contributed by atoms with Gasteiger partial charge in [0.1, 0.15) is 29.2 Å². The predicted octanol–water partition coefficient (Wildman–Crippen LogP) is 4.36. The molecule has 0 aliphatic rings. The number of aromatic hydroxyl groups is 1. The zero-order valence-corrected chi connectivity index (χ0v) is 23.3. The summed E-state index contributed by atoms with van der Waals surface area (Å²) < 4.78 is 3.18. The molecule has 1 atom stereocenters. The van der Waals surface area contributed by atoms with Gasteiger partial charge in [0.2, 0.25) is 0 Å². The van der Waals surface area contributed by atoms with Gasteiger partial charge in [-0.1, -0.05) is 18.2 Å². The highest BCUT2D eigenvalue weighted by molar-refractivity contribution is 6.04. The molecule has 12 nitrogen and oxygen atoms in total. The first kappa shape index (κ1) is 27.1. The Morgan fingerprint density at radius 3 is 2.56 bits per heavy atom. The Labute approximate surface area is 245 Å². The van der Waals surface area contributed by atoms with Gasteiger partial charge in [0.05, 0.1) is 29.2 Å². The van der Waals surface area contributed by atoms with E-state index in [0.717, 1.165) is 5.56 Å². The second kappa shape index (κ2) is 11.1. The molecule has 4 heterocycles. The quantitative estimate of drug-likeness (QED) is 0.217. The van der Waals surface area contributed by atoms with Crippen molar-refractivity contribution in [2.24, 2.45) is 0 Å². The number of anilines is 3. The maximum absolute atomic E-state index is 13.7. The first-order chi connectivity index (χ1) is 20.8. The van der Waals surface area contributed by atoms with Crippen molar-refractivity contribution in [2.75, 3.05) is 16.4 Å². The number of benzene rings is 2. The molecule has 1 amide bonds. The number of nitrogen functional groups attached to an aromatic ring is 1. The van der Waals surface area contributed by atoms with Crippen LogP contribution in [-0.4, -0.2) is 40.1 Å². The van der Waals surface area contributed by atoms with E-state index in [1.54, 1.807) is 27.5 Å². The number of pyridine rings is 1. The largest absolute Gasteiger partial charge is 0.508 e. The van der Waals surface area contributed by atoms with E-state index in [1.807, 2.05) is 50.2 Å². The standard InChI is InChI=1S/C31H27N9O3/c1-18-12-13-39-26(18)31(43)40(23-6-4-3-5-7-23)29(38-39)19(2)36-28-25(27(32)34-17-35-28)21-14-22(16-33-15-21)37-30(42)20-8-10-24(41)11-9-20/h3-17,19,41H,1-2H3,(H,37,42)(H3,32,34,35,36). The molecule has 1 unspecified atom stereocenters. The van der Waals surface area contributed by atoms with Crippen LogP contribution in [0.4, 0.5) is 17.3 Å². The molecule has 0 aliphatic carbocycles. The number of fused-ring (bicyclic) bond motifs is 1. The van der Waals surface area contributed by atoms with E-state index >= 15 is 0 Å². The van der Waals surface area contributed by atoms with Gasteiger partial charge in [-0.2, -0.15) is 5.10 Å². The highest BCUT2D eigenvalue weighted by Gasteiger charge is 2.22. The van der Waals surface area contributed by atoms with Gasteiger partial charge in [0.25, 0.3) is 11.5 Å². The number of nitrogens with one attached hydrogen (secondary N) is 2. The predicted molar refractivity (Wildman–Crippen MR) is 163 cm³/mol. The van der Waals surface area contributed by atoms with Crippen molar-refractivity contribution in [1.82, 2.24) is 29.1 Å². The number of hydrogen-bond acceptors (Lipinski definition) is 9. The van der Waals surface area contributed by atoms with Crippen LogP contribution >= 0.6 is 0 Å². The summed E-state index contributed by atoms with van der Waals surface area (Å²) in [6.45, 7) is 3.75. The molecule has 214 valence electrons. The molecule has 0 aliphatic heterocycles. The first-order valence-electron chi connectivity index (χ1n) is 13.4. The summed E-state index contributed by atoms with van der Waals surface area (Å²) in [6.07, 6.45) is 6.20. The van der Waals surface area contributed by atoms with Gasteiger partial charge in [0.15, 0.2) is 5.82 Å². The Bertz CT molecular complexity index is 2020. The van der Waals surface area contributed by atoms with Crippen LogP contribution in [0.2, 0.25) is 0 Å². The lowest BCUT2D eigenvalue weighted by Crippen LogP contribution is -2.29. The molecule has 0 radical (unpaired) electrons. The van der Waals surface area contributed by atoms with Gasteiger partial charge < -0.3 is 21.5 Å². The third-order valence-corrected chi connectivity index (χ3v) is 6.96. The van der Waals surface area contributed by atoms with Gasteiger partial charge >= 0.3 is 0 Å². The number of phenolic OH excluding ortho intramolecular Hbond substituents is 1. The van der Waals surface area contributed by atoms with Gasteiger partial charge in [0, 0.05) is 23.5 Å². The molecule has 0 saturated carbocycles. The van der Waals surface area contributed by atoms with E-state index < -0.39 is 6.04 Å². The van der Waals surface area contributed by atoms with Crippen LogP contribution in [0.25, 0.3) is 22.3 Å². The molecular formula is C31H27N9O3. The molecule has 0 fully saturated rings. The minimum absolute atomic E-state index is 0.0633. The van der Waals surface area contributed by atoms with Gasteiger partial charge in [-0.05, 0) is 67.9 Å². The van der Waals surface area contributed by atoms with Crippen molar-refractivity contribution in [1.29, 1.82) is 0 Å². The number of para-hydroxylation sites is 1. The van der Waals surface area contributed by atoms with Crippen LogP contribution in [0.1, 0.15) is 34.7 Å². The number of rotatable bonds is 7. The summed E-state index contributed by atoms with van der Waals surface area (Å²) in [5.41, 5.74) is 9.95. The average Bonchev–Trinajstić information content (AvgIpc) is 3.38. The Morgan fingerprint density at radius 2 is 1.79 bits per heavy atom. The summed E-state index contributed by atoms with van der Waals surface area (Å²) in [4.78, 5) is 39.4. The summed E-state index contributed by atoms with van der Waals surface area (Å²) >= 11 is 0. The van der Waals surface area contributed by atoms with Crippen molar-refractivity contribution in [3.05, 3.63) is 119 Å². The number of aromatic nitrogens is 6. The Morgan fingerprint density at radius 1 is 1.02 bits per heavy atom. The minimum atomic E-state index is -0.515. The van der Waals surface area contributed by atoms with Crippen LogP contribution in [0.15, 0.2) is 96.4 Å². The maximum atomic E-state index is 13.7. The fourth-order valence-electron chi connectivity index (χ4n) is 4.86. The molecule has 12 heteroatoms. The van der Waals surface area contributed by atoms with Crippen molar-refractivity contribution in [2.45, 2.75) is 19.9 Å². The number of phenols is 1. The zero-order chi connectivity index (χ0) is 30.1. The fourth-order valence-corrected chi connectivity index (χ4v) is 4.86. The lowest BCUT2D eigenvalue weighted by atomic mass is 10.1. The van der Waals surface area contributed by atoms with Gasteiger partial charge in [-0.25, -0.2) is 14.5 Å². The number of nitrogens with zero attached hydrogens (tertiary/aromatic N) is 6. The molecule has 6 rings (SSSR count). The number of carbonyl (C=O) groups excluding carboxylic acids is 1. The SMILES string of the molecule is Cc1ccn2nc(C(C)Nc3ncnc(N)c3-c3cncc(NC(=O)c4ccc(O)cc4)c3)n(-c3ccccc3)c(=O)c12. The van der Waals surface area contributed by atoms with Crippen molar-refractivity contribution in [3.63, 3.8) is 0 Å². The highest BCUT2D eigenvalue weighted by Crippen LogP contribution is 2.33. The summed E-state index contributed by atoms with van der Waals surface area (Å²) in [7, 11) is 0. The van der Waals surface area contributed by atoms with E-state index in [0.29, 0.717) is 45.2 Å². The van der Waals surface area contributed by atoms with Gasteiger partial charge in [-0.3, -0.25) is 19.1 Å². The number of hydrogen-bond donors (Lipinski definition) is 4. The van der Waals surface area contributed by atoms with E-state index in [2.05, 4.69) is 25.6 Å². The van der Waals surface area contributed by atoms with E-state index in [4.69, 9.17) is 10.8 Å². The second-order valence-electron chi connectivity index (χ2n) is 9.94. The van der Waals surface area contributed by atoms with E-state index in [-0.39, 0.29) is 23.0 Å². The van der Waals surface area contributed by atoms with Gasteiger partial charge in [-0.15, -0.1) is 0 Å². The summed E-state index contributed by atoms with van der Waals surface area (Å²) in [5.74, 6) is 0.729. The van der Waals surface area contributed by atoms with E-state index in [1.165, 1.54) is 36.8 Å². The maximum Gasteiger partial charge on any atom is 0.282 e. The molecule has 2 aromatic carbocycles. The Hall–Kier alpha value is -6.04. The normalized spacial score (nSPS) is 11.8. The Balaban J connectivity index is 1.37. The topological polar surface area (TPSA) is 165 Å². The second-order valence-corrected chi connectivity index (χ2v) is 9.94. The Kier molecular flexibility index (Phi) is 7.00. The summed E-state index contributed by atoms with van der Waals surface area (Å²) in [6, 6.07) is 18.3. The molecular weight excluding hydrogens is 546 g/mol. The number of carbonyl (C=O) groups is 1. The number of aryl methyl sites for hydroxylation is 1. The highest BCUT2D eigenvalue weighted by atomic mass is 16.3. The van der Waals surface area contributed by atoms with Crippen LogP contribution in [0.3, 0.4) is 0 Å². The van der Waals surface area contributed by atoms with Crippen LogP contribution < -0.4 is 21.9 Å². The van der Waals surface area contributed by atoms with E-state index in [9.17, 15) is 14.7 Å². The third kappa shape index (κ3) is 5.24. The first-order valence-corrected chi connectivity index (χ1v) is 13.4. The molecule has 0 saturated heterocycles. The number of nitrogens with two attached hydrogens (primary N) is 1. The minimum Gasteiger partial charge on any atom is -0.508 e. The third-order valence-electron chi connectivity index (χ3n) is 6.96. The molecule has 0 spiro atoms. The van der Waals surface area contributed by atoms with Crippen LogP contribution in [0.5, 0.6) is 5.75 Å². The van der Waals surface area contributed by atoms with Crippen molar-refractivity contribution in [3.8, 4) is 22.6 Å². The van der Waals surface area contributed by atoms with Crippen LogP contribution in [-0.2, 0) is 0 Å². The molecule has 4 aromatic heterocycles.